The molecule has 0 saturated heterocycles. The van der Waals surface area contributed by atoms with E-state index in [0.29, 0.717) is 45.1 Å². The molecular weight excluding hydrogens is 526 g/mol. The molecule has 2 N–H and O–H groups in total. The van der Waals surface area contributed by atoms with Gasteiger partial charge in [-0.2, -0.15) is 0 Å². The first kappa shape index (κ1) is 22.6. The van der Waals surface area contributed by atoms with Crippen molar-refractivity contribution in [2.45, 2.75) is 0 Å². The fourth-order valence-electron chi connectivity index (χ4n) is 3.85. The number of hydrogen-bond acceptors (Lipinski definition) is 8. The molecule has 12 nitrogen and oxygen atoms in total. The molecule has 0 unspecified atom stereocenters. The van der Waals surface area contributed by atoms with E-state index >= 15 is 0 Å². The third-order valence-electron chi connectivity index (χ3n) is 5.64. The zero-order valence-electron chi connectivity index (χ0n) is 19.2. The van der Waals surface area contributed by atoms with Crippen LogP contribution in [0.4, 0.5) is 11.6 Å². The summed E-state index contributed by atoms with van der Waals surface area (Å²) in [5.41, 5.74) is 3.23. The summed E-state index contributed by atoms with van der Waals surface area (Å²) in [6.45, 7) is 0. The fourth-order valence-corrected chi connectivity index (χ4v) is 6.72. The van der Waals surface area contributed by atoms with Crippen molar-refractivity contribution in [3.63, 3.8) is 0 Å². The van der Waals surface area contributed by atoms with Gasteiger partial charge in [-0.05, 0) is 0 Å². The molecule has 2 aromatic carbocycles. The molecule has 0 aliphatic rings. The van der Waals surface area contributed by atoms with Gasteiger partial charge < -0.3 is 0 Å². The molecule has 37 heavy (non-hydrogen) atoms. The number of carbonyl (C=O) groups is 2. The Balaban J connectivity index is 1.27. The van der Waals surface area contributed by atoms with E-state index in [0.717, 1.165) is 0 Å². The van der Waals surface area contributed by atoms with Gasteiger partial charge in [0.2, 0.25) is 0 Å². The molecule has 176 valence electrons. The van der Waals surface area contributed by atoms with Gasteiger partial charge in [0.1, 0.15) is 0 Å². The first-order valence-corrected chi connectivity index (χ1v) is 13.9. The van der Waals surface area contributed by atoms with Crippen LogP contribution in [0.3, 0.4) is 0 Å². The van der Waals surface area contributed by atoms with E-state index in [1.54, 1.807) is 61.2 Å². The van der Waals surface area contributed by atoms with E-state index in [4.69, 9.17) is 0 Å². The number of carbonyl (C=O) groups excluding carboxylic acids is 2. The van der Waals surface area contributed by atoms with Crippen molar-refractivity contribution in [1.82, 2.24) is 36.5 Å². The Labute approximate surface area is 217 Å². The predicted octanol–water partition coefficient (Wildman–Crippen LogP) is 2.78. The van der Waals surface area contributed by atoms with Gasteiger partial charge in [-0.25, -0.2) is 0 Å². The Morgan fingerprint density at radius 1 is 0.595 bits per heavy atom. The number of amides is 2. The Morgan fingerprint density at radius 2 is 1.03 bits per heavy atom. The molecule has 4 aromatic heterocycles. The van der Waals surface area contributed by atoms with E-state index in [9.17, 15) is 9.59 Å². The molecule has 13 heteroatoms. The summed E-state index contributed by atoms with van der Waals surface area (Å²) in [7, 11) is 0. The van der Waals surface area contributed by atoms with E-state index in [1.807, 2.05) is 18.8 Å². The first-order valence-electron chi connectivity index (χ1n) is 11.2. The third kappa shape index (κ3) is 4.43. The van der Waals surface area contributed by atoms with Crippen LogP contribution in [0, 0.1) is 0 Å². The van der Waals surface area contributed by atoms with Crippen molar-refractivity contribution < 1.29 is 27.2 Å². The zero-order valence-corrected chi connectivity index (χ0v) is 22.2. The minimum absolute atomic E-state index is 0.279. The summed E-state index contributed by atoms with van der Waals surface area (Å²) in [6, 6.07) is 17.8. The number of fused-ring (bicyclic) bond motifs is 2. The number of nitrogens with one attached hydrogen (secondary N) is 2. The summed E-state index contributed by atoms with van der Waals surface area (Å²) in [6.07, 6.45) is 6.16. The molecule has 0 aliphatic heterocycles. The average Bonchev–Trinajstić information content (AvgIpc) is 3.55. The van der Waals surface area contributed by atoms with Crippen LogP contribution < -0.4 is 10.6 Å². The maximum absolute atomic E-state index is 12.6. The third-order valence-corrected chi connectivity index (χ3v) is 8.86. The Bertz CT molecular complexity index is 1620. The molecule has 6 aromatic rings. The van der Waals surface area contributed by atoms with E-state index in [1.165, 1.54) is 12.7 Å². The van der Waals surface area contributed by atoms with Crippen LogP contribution >= 0.6 is 0 Å². The van der Waals surface area contributed by atoms with Gasteiger partial charge in [0.15, 0.2) is 0 Å². The average molecular weight is 542 g/mol. The van der Waals surface area contributed by atoms with Crippen molar-refractivity contribution in [1.29, 1.82) is 0 Å². The van der Waals surface area contributed by atoms with Crippen LogP contribution in [-0.2, 0) is 17.6 Å². The maximum atomic E-state index is 12.6. The number of imidazole rings is 2. The van der Waals surface area contributed by atoms with Gasteiger partial charge in [-0.3, -0.25) is 0 Å². The molecule has 0 fully saturated rings. The van der Waals surface area contributed by atoms with Crippen LogP contribution in [0.25, 0.3) is 22.3 Å². The van der Waals surface area contributed by atoms with Gasteiger partial charge in [-0.1, -0.05) is 0 Å². The summed E-state index contributed by atoms with van der Waals surface area (Å²) in [5.74, 6) is 0.116. The molecule has 0 saturated carbocycles. The number of anilines is 2. The Morgan fingerprint density at radius 3 is 1.46 bits per heavy atom. The summed E-state index contributed by atoms with van der Waals surface area (Å²) < 4.78 is 3.93. The van der Waals surface area contributed by atoms with Crippen LogP contribution in [0.1, 0.15) is 20.7 Å². The van der Waals surface area contributed by atoms with Crippen molar-refractivity contribution in [3.05, 3.63) is 97.1 Å². The topological polar surface area (TPSA) is 145 Å². The monoisotopic (exact) mass is 540 g/mol. The number of aromatic nitrogens is 8. The van der Waals surface area contributed by atoms with Crippen LogP contribution in [0.5, 0.6) is 0 Å². The van der Waals surface area contributed by atoms with Gasteiger partial charge >= 0.3 is 217 Å². The summed E-state index contributed by atoms with van der Waals surface area (Å²) >= 11 is -1.82. The van der Waals surface area contributed by atoms with Crippen LogP contribution in [-0.4, -0.2) is 48.3 Å². The van der Waals surface area contributed by atoms with Crippen molar-refractivity contribution in [2.24, 2.45) is 0 Å². The van der Waals surface area contributed by atoms with E-state index in [2.05, 4.69) is 40.5 Å². The molecule has 0 bridgehead atoms. The van der Waals surface area contributed by atoms with Crippen LogP contribution in [0.2, 0.25) is 0 Å². The van der Waals surface area contributed by atoms with Crippen LogP contribution in [0.15, 0.2) is 86.0 Å². The quantitative estimate of drug-likeness (QED) is 0.306. The molecule has 4 heterocycles. The standard InChI is InChI=1S/2C12H9N5O.Zn/c2*18-12(8-4-2-1-3-5-8)17-11-9-10(14-6-13-9)15-7-16-11;/h2*1-7H,(H2,13,14,15,16,17,18);/q;;+2/p-2. The van der Waals surface area contributed by atoms with Crippen molar-refractivity contribution in [3.8, 4) is 0 Å². The SMILES string of the molecule is O=C(Nc1ncnc2c1nc[n]2[Zn][n]1cnc2c(NC(=O)c3ccccc3)ncnc21)c1ccccc1. The van der Waals surface area contributed by atoms with Crippen molar-refractivity contribution in [2.75, 3.05) is 10.6 Å². The molecule has 0 radical (unpaired) electrons. The van der Waals surface area contributed by atoms with Gasteiger partial charge in [-0.15, -0.1) is 0 Å². The Kier molecular flexibility index (Phi) is 5.87. The van der Waals surface area contributed by atoms with Gasteiger partial charge in [0, 0.05) is 0 Å². The number of benzene rings is 2. The van der Waals surface area contributed by atoms with Gasteiger partial charge in [0.05, 0.1) is 0 Å². The number of hydrogen-bond donors (Lipinski definition) is 2. The van der Waals surface area contributed by atoms with Gasteiger partial charge in [0.25, 0.3) is 0 Å². The second-order valence-electron chi connectivity index (χ2n) is 8.00. The molecule has 6 rings (SSSR count). The van der Waals surface area contributed by atoms with E-state index < -0.39 is 17.6 Å². The molecule has 2 amide bonds. The summed E-state index contributed by atoms with van der Waals surface area (Å²) in [4.78, 5) is 51.4. The second-order valence-corrected chi connectivity index (χ2v) is 11.5. The summed E-state index contributed by atoms with van der Waals surface area (Å²) in [5, 5.41) is 5.63. The molecule has 0 atom stereocenters. The van der Waals surface area contributed by atoms with E-state index in [-0.39, 0.29) is 11.8 Å². The number of rotatable bonds is 6. The minimum atomic E-state index is -1.82. The normalized spacial score (nSPS) is 10.8. The zero-order chi connectivity index (χ0) is 25.2. The Hall–Kier alpha value is -4.90. The molecular formula is C24H16N10O2Zn. The second kappa shape index (κ2) is 9.63. The van der Waals surface area contributed by atoms with Crippen molar-refractivity contribution >= 4 is 45.8 Å². The number of nitrogens with zero attached hydrogens (tertiary/aromatic N) is 8. The predicted molar refractivity (Wildman–Crippen MR) is 130 cm³/mol. The fraction of sp³-hybridized carbons (Fsp3) is 0. The molecule has 0 spiro atoms. The molecule has 0 aliphatic carbocycles. The first-order chi connectivity index (χ1) is 18.2.